The Morgan fingerprint density at radius 3 is 2.39 bits per heavy atom. The van der Waals surface area contributed by atoms with Crippen LogP contribution in [0.2, 0.25) is 10.0 Å². The van der Waals surface area contributed by atoms with Crippen molar-refractivity contribution in [1.82, 2.24) is 9.62 Å². The second kappa shape index (κ2) is 10.1. The van der Waals surface area contributed by atoms with Crippen molar-refractivity contribution >= 4 is 39.1 Å². The number of benzene rings is 2. The van der Waals surface area contributed by atoms with E-state index in [0.717, 1.165) is 5.56 Å². The van der Waals surface area contributed by atoms with Crippen molar-refractivity contribution in [2.45, 2.75) is 24.8 Å². The molecule has 0 atom stereocenters. The molecule has 1 N–H and O–H groups in total. The lowest BCUT2D eigenvalue weighted by atomic mass is 10.2. The van der Waals surface area contributed by atoms with Crippen LogP contribution in [0.5, 0.6) is 5.75 Å². The van der Waals surface area contributed by atoms with Gasteiger partial charge < -0.3 is 9.64 Å². The molecule has 0 radical (unpaired) electrons. The van der Waals surface area contributed by atoms with Crippen LogP contribution in [0, 0.1) is 0 Å². The number of ether oxygens (including phenoxy) is 1. The first-order valence-electron chi connectivity index (χ1n) is 8.63. The maximum atomic E-state index is 12.3. The van der Waals surface area contributed by atoms with Crippen molar-refractivity contribution in [3.05, 3.63) is 58.1 Å². The summed E-state index contributed by atoms with van der Waals surface area (Å²) in [5.41, 5.74) is 0.834. The Bertz CT molecular complexity index is 918. The summed E-state index contributed by atoms with van der Waals surface area (Å²) in [5.74, 6) is 0.404. The van der Waals surface area contributed by atoms with E-state index < -0.39 is 10.0 Å². The summed E-state index contributed by atoms with van der Waals surface area (Å²) < 4.78 is 32.4. The molecule has 0 aliphatic heterocycles. The summed E-state index contributed by atoms with van der Waals surface area (Å²) in [5, 5.41) is 0.867. The number of carbonyl (C=O) groups excluding carboxylic acids is 1. The molecule has 0 aliphatic rings. The first-order chi connectivity index (χ1) is 13.2. The Labute approximate surface area is 175 Å². The zero-order chi connectivity index (χ0) is 20.7. The summed E-state index contributed by atoms with van der Waals surface area (Å²) in [4.78, 5) is 13.9. The van der Waals surface area contributed by atoms with Gasteiger partial charge >= 0.3 is 0 Å². The predicted molar refractivity (Wildman–Crippen MR) is 110 cm³/mol. The predicted octanol–water partition coefficient (Wildman–Crippen LogP) is 3.72. The van der Waals surface area contributed by atoms with Gasteiger partial charge in [0.25, 0.3) is 0 Å². The Balaban J connectivity index is 1.86. The van der Waals surface area contributed by atoms with Gasteiger partial charge in [-0.3, -0.25) is 4.79 Å². The smallest absolute Gasteiger partial charge is 0.240 e. The van der Waals surface area contributed by atoms with Gasteiger partial charge in [0.05, 0.1) is 21.5 Å². The lowest BCUT2D eigenvalue weighted by Gasteiger charge is -2.18. The van der Waals surface area contributed by atoms with Crippen LogP contribution in [0.15, 0.2) is 47.4 Å². The summed E-state index contributed by atoms with van der Waals surface area (Å²) in [7, 11) is -2.05. The van der Waals surface area contributed by atoms with Crippen molar-refractivity contribution in [1.29, 1.82) is 0 Å². The normalized spacial score (nSPS) is 11.3. The Morgan fingerprint density at radius 2 is 1.79 bits per heavy atom. The standard InChI is InChI=1S/C19H22Cl2N2O4S/c1-3-27-15-5-7-16(8-6-15)28(25,26)22-11-10-19(24)23(2)13-14-4-9-17(20)18(21)12-14/h4-9,12,22H,3,10-11,13H2,1-2H3. The van der Waals surface area contributed by atoms with Crippen molar-refractivity contribution in [2.75, 3.05) is 20.2 Å². The number of rotatable bonds is 9. The van der Waals surface area contributed by atoms with Crippen molar-refractivity contribution in [2.24, 2.45) is 0 Å². The molecular weight excluding hydrogens is 423 g/mol. The van der Waals surface area contributed by atoms with Gasteiger partial charge in [-0.1, -0.05) is 29.3 Å². The van der Waals surface area contributed by atoms with E-state index in [2.05, 4.69) is 4.72 Å². The van der Waals surface area contributed by atoms with Gasteiger partial charge in [-0.25, -0.2) is 13.1 Å². The highest BCUT2D eigenvalue weighted by Gasteiger charge is 2.16. The second-order valence-corrected chi connectivity index (χ2v) is 8.63. The topological polar surface area (TPSA) is 75.7 Å². The number of nitrogens with one attached hydrogen (secondary N) is 1. The number of amides is 1. The van der Waals surface area contributed by atoms with E-state index in [1.165, 1.54) is 17.0 Å². The summed E-state index contributed by atoms with van der Waals surface area (Å²) in [6.45, 7) is 2.70. The number of carbonyl (C=O) groups is 1. The number of hydrogen-bond donors (Lipinski definition) is 1. The zero-order valence-electron chi connectivity index (χ0n) is 15.6. The minimum absolute atomic E-state index is 0.0000914. The van der Waals surface area contributed by atoms with Crippen LogP contribution < -0.4 is 9.46 Å². The highest BCUT2D eigenvalue weighted by molar-refractivity contribution is 7.89. The number of nitrogens with zero attached hydrogens (tertiary/aromatic N) is 1. The highest BCUT2D eigenvalue weighted by atomic mass is 35.5. The molecule has 0 bridgehead atoms. The fourth-order valence-corrected chi connectivity index (χ4v) is 3.80. The molecule has 0 heterocycles. The van der Waals surface area contributed by atoms with E-state index in [-0.39, 0.29) is 23.8 Å². The minimum Gasteiger partial charge on any atom is -0.494 e. The number of hydrogen-bond acceptors (Lipinski definition) is 4. The van der Waals surface area contributed by atoms with Gasteiger partial charge in [0.1, 0.15) is 5.75 Å². The molecule has 2 aromatic carbocycles. The van der Waals surface area contributed by atoms with Crippen molar-refractivity contribution < 1.29 is 17.9 Å². The van der Waals surface area contributed by atoms with E-state index >= 15 is 0 Å². The van der Waals surface area contributed by atoms with Gasteiger partial charge in [0.2, 0.25) is 15.9 Å². The number of halogens is 2. The van der Waals surface area contributed by atoms with Crippen LogP contribution in [0.3, 0.4) is 0 Å². The molecule has 0 aromatic heterocycles. The van der Waals surface area contributed by atoms with Gasteiger partial charge in [0.15, 0.2) is 0 Å². The quantitative estimate of drug-likeness (QED) is 0.639. The molecule has 6 nitrogen and oxygen atoms in total. The molecule has 0 unspecified atom stereocenters. The zero-order valence-corrected chi connectivity index (χ0v) is 17.9. The molecule has 28 heavy (non-hydrogen) atoms. The first-order valence-corrected chi connectivity index (χ1v) is 10.9. The average Bonchev–Trinajstić information content (AvgIpc) is 2.65. The van der Waals surface area contributed by atoms with Gasteiger partial charge in [-0.2, -0.15) is 0 Å². The molecule has 2 aromatic rings. The second-order valence-electron chi connectivity index (χ2n) is 6.05. The van der Waals surface area contributed by atoms with Crippen LogP contribution in [0.4, 0.5) is 0 Å². The fraction of sp³-hybridized carbons (Fsp3) is 0.316. The molecule has 0 saturated heterocycles. The summed E-state index contributed by atoms with van der Waals surface area (Å²) in [6.07, 6.45) is 0.0358. The number of sulfonamides is 1. The largest absolute Gasteiger partial charge is 0.494 e. The Kier molecular flexibility index (Phi) is 8.12. The van der Waals surface area contributed by atoms with E-state index in [0.29, 0.717) is 28.9 Å². The summed E-state index contributed by atoms with van der Waals surface area (Å²) >= 11 is 11.9. The molecule has 0 aliphatic carbocycles. The molecule has 0 saturated carbocycles. The first kappa shape index (κ1) is 22.5. The van der Waals surface area contributed by atoms with Crippen molar-refractivity contribution in [3.63, 3.8) is 0 Å². The lowest BCUT2D eigenvalue weighted by Crippen LogP contribution is -2.31. The Hall–Kier alpha value is -1.80. The molecule has 152 valence electrons. The van der Waals surface area contributed by atoms with Crippen LogP contribution in [-0.4, -0.2) is 39.4 Å². The van der Waals surface area contributed by atoms with Crippen LogP contribution in [0.1, 0.15) is 18.9 Å². The minimum atomic E-state index is -3.69. The van der Waals surface area contributed by atoms with Crippen LogP contribution in [-0.2, 0) is 21.4 Å². The van der Waals surface area contributed by atoms with E-state index in [1.54, 1.807) is 37.4 Å². The molecule has 2 rings (SSSR count). The van der Waals surface area contributed by atoms with E-state index in [1.807, 2.05) is 6.92 Å². The van der Waals surface area contributed by atoms with E-state index in [4.69, 9.17) is 27.9 Å². The molecule has 1 amide bonds. The third-order valence-corrected chi connectivity index (χ3v) is 6.12. The summed E-state index contributed by atoms with van der Waals surface area (Å²) in [6, 6.07) is 11.3. The molecule has 9 heteroatoms. The molecule has 0 spiro atoms. The van der Waals surface area contributed by atoms with Gasteiger partial charge in [0, 0.05) is 26.6 Å². The van der Waals surface area contributed by atoms with Crippen molar-refractivity contribution in [3.8, 4) is 5.75 Å². The SMILES string of the molecule is CCOc1ccc(S(=O)(=O)NCCC(=O)N(C)Cc2ccc(Cl)c(Cl)c2)cc1. The van der Waals surface area contributed by atoms with Crippen LogP contribution in [0.25, 0.3) is 0 Å². The fourth-order valence-electron chi connectivity index (χ4n) is 2.45. The molecular formula is C19H22Cl2N2O4S. The highest BCUT2D eigenvalue weighted by Crippen LogP contribution is 2.23. The van der Waals surface area contributed by atoms with Gasteiger partial charge in [-0.15, -0.1) is 0 Å². The van der Waals surface area contributed by atoms with Crippen LogP contribution >= 0.6 is 23.2 Å². The monoisotopic (exact) mass is 444 g/mol. The van der Waals surface area contributed by atoms with E-state index in [9.17, 15) is 13.2 Å². The Morgan fingerprint density at radius 1 is 1.11 bits per heavy atom. The maximum absolute atomic E-state index is 12.3. The third-order valence-electron chi connectivity index (χ3n) is 3.91. The lowest BCUT2D eigenvalue weighted by molar-refractivity contribution is -0.130. The average molecular weight is 445 g/mol. The van der Waals surface area contributed by atoms with Gasteiger partial charge in [-0.05, 0) is 48.9 Å². The third kappa shape index (κ3) is 6.38. The maximum Gasteiger partial charge on any atom is 0.240 e. The molecule has 0 fully saturated rings.